The zero-order chi connectivity index (χ0) is 21.8. The smallest absolute Gasteiger partial charge is 0.180 e. The van der Waals surface area contributed by atoms with Crippen LogP contribution >= 0.6 is 45.3 Å². The second-order valence-electron chi connectivity index (χ2n) is 7.52. The predicted molar refractivity (Wildman–Crippen MR) is 136 cm³/mol. The number of thiophene rings is 4. The van der Waals surface area contributed by atoms with Crippen LogP contribution < -0.4 is 18.9 Å². The maximum Gasteiger partial charge on any atom is 0.180 e. The van der Waals surface area contributed by atoms with Crippen LogP contribution in [-0.4, -0.2) is 31.4 Å². The van der Waals surface area contributed by atoms with Gasteiger partial charge in [0.15, 0.2) is 23.0 Å². The Hall–Kier alpha value is -2.72. The van der Waals surface area contributed by atoms with Crippen LogP contribution in [0.4, 0.5) is 0 Å². The van der Waals surface area contributed by atoms with E-state index in [9.17, 15) is 0 Å². The van der Waals surface area contributed by atoms with Crippen LogP contribution in [0.5, 0.6) is 23.0 Å². The van der Waals surface area contributed by atoms with Gasteiger partial charge in [-0.1, -0.05) is 0 Å². The maximum absolute atomic E-state index is 5.86. The highest BCUT2D eigenvalue weighted by atomic mass is 32.1. The topological polar surface area (TPSA) is 52.7 Å². The molecule has 0 fully saturated rings. The standard InChI is InChI=1S/C24H17NO4S4/c1-2-14(18-4-6-20(33-18)24-22-16(12-31-24)27-8-10-29-22)25-13(1)17-3-5-19(32-17)23-21-15(11-30-23)26-7-9-28-21/h1-6,11-12,25H,7-10H2. The highest BCUT2D eigenvalue weighted by molar-refractivity contribution is 7.24. The lowest BCUT2D eigenvalue weighted by Gasteiger charge is -2.15. The van der Waals surface area contributed by atoms with Gasteiger partial charge < -0.3 is 23.9 Å². The van der Waals surface area contributed by atoms with E-state index in [0.717, 1.165) is 44.1 Å². The molecule has 0 atom stereocenters. The highest BCUT2D eigenvalue weighted by Crippen LogP contribution is 2.50. The Balaban J connectivity index is 1.16. The molecule has 0 saturated heterocycles. The first-order valence-corrected chi connectivity index (χ1v) is 13.9. The molecule has 2 aliphatic heterocycles. The van der Waals surface area contributed by atoms with Crippen LogP contribution in [0.1, 0.15) is 0 Å². The summed E-state index contributed by atoms with van der Waals surface area (Å²) >= 11 is 6.87. The zero-order valence-corrected chi connectivity index (χ0v) is 20.5. The number of hydrogen-bond donors (Lipinski definition) is 1. The van der Waals surface area contributed by atoms with Crippen LogP contribution in [0.3, 0.4) is 0 Å². The maximum atomic E-state index is 5.86. The number of aromatic amines is 1. The van der Waals surface area contributed by atoms with E-state index >= 15 is 0 Å². The Bertz CT molecular complexity index is 1350. The van der Waals surface area contributed by atoms with E-state index < -0.39 is 0 Å². The molecule has 0 aliphatic carbocycles. The number of rotatable bonds is 4. The van der Waals surface area contributed by atoms with Gasteiger partial charge in [0.2, 0.25) is 0 Å². The van der Waals surface area contributed by atoms with E-state index in [2.05, 4.69) is 41.4 Å². The largest absolute Gasteiger partial charge is 0.485 e. The van der Waals surface area contributed by atoms with E-state index in [4.69, 9.17) is 18.9 Å². The van der Waals surface area contributed by atoms with Crippen molar-refractivity contribution in [2.45, 2.75) is 0 Å². The summed E-state index contributed by atoms with van der Waals surface area (Å²) in [4.78, 5) is 10.7. The van der Waals surface area contributed by atoms with Crippen molar-refractivity contribution in [1.82, 2.24) is 4.98 Å². The summed E-state index contributed by atoms with van der Waals surface area (Å²) in [6, 6.07) is 13.0. The molecule has 5 aromatic rings. The Morgan fingerprint density at radius 1 is 0.545 bits per heavy atom. The number of aromatic nitrogens is 1. The number of nitrogens with one attached hydrogen (secondary N) is 1. The van der Waals surface area contributed by atoms with Crippen LogP contribution in [-0.2, 0) is 0 Å². The Kier molecular flexibility index (Phi) is 4.75. The Morgan fingerprint density at radius 3 is 1.52 bits per heavy atom. The van der Waals surface area contributed by atoms with Gasteiger partial charge in [-0.05, 0) is 36.4 Å². The van der Waals surface area contributed by atoms with Crippen molar-refractivity contribution >= 4 is 45.3 Å². The quantitative estimate of drug-likeness (QED) is 0.272. The molecular formula is C24H17NO4S4. The van der Waals surface area contributed by atoms with Gasteiger partial charge in [-0.2, -0.15) is 0 Å². The summed E-state index contributed by atoms with van der Waals surface area (Å²) in [7, 11) is 0. The average Bonchev–Trinajstić information content (AvgIpc) is 3.65. The third-order valence-electron chi connectivity index (χ3n) is 5.48. The molecule has 5 nitrogen and oxygen atoms in total. The fourth-order valence-electron chi connectivity index (χ4n) is 3.96. The Labute approximate surface area is 205 Å². The van der Waals surface area contributed by atoms with Crippen LogP contribution in [0.15, 0.2) is 47.2 Å². The minimum atomic E-state index is 0.602. The molecule has 0 amide bonds. The molecular weight excluding hydrogens is 495 g/mol. The van der Waals surface area contributed by atoms with Crippen LogP contribution in [0, 0.1) is 0 Å². The highest BCUT2D eigenvalue weighted by Gasteiger charge is 2.22. The fraction of sp³-hybridized carbons (Fsp3) is 0.167. The average molecular weight is 512 g/mol. The van der Waals surface area contributed by atoms with E-state index in [1.54, 1.807) is 45.3 Å². The van der Waals surface area contributed by atoms with Crippen LogP contribution in [0.25, 0.3) is 40.7 Å². The molecule has 1 N–H and O–H groups in total. The molecule has 0 unspecified atom stereocenters. The molecule has 9 heteroatoms. The summed E-state index contributed by atoms with van der Waals surface area (Å²) in [5, 5.41) is 4.07. The number of H-pyrrole nitrogens is 1. The van der Waals surface area contributed by atoms with Crippen molar-refractivity contribution in [3.8, 4) is 63.6 Å². The minimum absolute atomic E-state index is 0.602. The van der Waals surface area contributed by atoms with Gasteiger partial charge in [0.05, 0.1) is 30.9 Å². The van der Waals surface area contributed by atoms with E-state index in [1.807, 2.05) is 10.8 Å². The molecule has 7 rings (SSSR count). The zero-order valence-electron chi connectivity index (χ0n) is 17.2. The third-order valence-corrected chi connectivity index (χ3v) is 9.96. The predicted octanol–water partition coefficient (Wildman–Crippen LogP) is 7.47. The normalized spacial score (nSPS) is 14.5. The lowest BCUT2D eigenvalue weighted by molar-refractivity contribution is 0.174. The molecule has 2 aliphatic rings. The number of fused-ring (bicyclic) bond motifs is 2. The van der Waals surface area contributed by atoms with Gasteiger partial charge in [0.1, 0.15) is 26.4 Å². The second-order valence-corrected chi connectivity index (χ2v) is 11.5. The van der Waals surface area contributed by atoms with Gasteiger partial charge in [-0.25, -0.2) is 0 Å². The van der Waals surface area contributed by atoms with Crippen molar-refractivity contribution < 1.29 is 18.9 Å². The van der Waals surface area contributed by atoms with E-state index in [-0.39, 0.29) is 0 Å². The first-order valence-electron chi connectivity index (χ1n) is 10.5. The van der Waals surface area contributed by atoms with Gasteiger partial charge in [-0.15, -0.1) is 45.3 Å². The molecule has 33 heavy (non-hydrogen) atoms. The molecule has 0 bridgehead atoms. The molecule has 0 spiro atoms. The SMILES string of the molecule is c1cc(-c2ccc(-c3scc4c3OCCO4)s2)[nH]c1-c1ccc(-c2scc3c2OCCO3)s1. The summed E-state index contributed by atoms with van der Waals surface area (Å²) < 4.78 is 23.1. The molecule has 166 valence electrons. The molecule has 0 radical (unpaired) electrons. The first-order chi connectivity index (χ1) is 16.3. The van der Waals surface area contributed by atoms with E-state index in [0.29, 0.717) is 26.4 Å². The lowest BCUT2D eigenvalue weighted by atomic mass is 10.3. The van der Waals surface area contributed by atoms with Crippen molar-refractivity contribution in [3.05, 3.63) is 47.2 Å². The summed E-state index contributed by atoms with van der Waals surface area (Å²) in [6.07, 6.45) is 0. The van der Waals surface area contributed by atoms with Crippen molar-refractivity contribution in [1.29, 1.82) is 0 Å². The van der Waals surface area contributed by atoms with Crippen LogP contribution in [0.2, 0.25) is 0 Å². The van der Waals surface area contributed by atoms with Gasteiger partial charge in [0.25, 0.3) is 0 Å². The molecule has 7 heterocycles. The van der Waals surface area contributed by atoms with Gasteiger partial charge in [-0.3, -0.25) is 0 Å². The number of hydrogen-bond acceptors (Lipinski definition) is 8. The summed E-state index contributed by atoms with van der Waals surface area (Å²) in [5.74, 6) is 3.47. The second kappa shape index (κ2) is 7.95. The summed E-state index contributed by atoms with van der Waals surface area (Å²) in [6.45, 7) is 2.44. The minimum Gasteiger partial charge on any atom is -0.485 e. The monoisotopic (exact) mass is 511 g/mol. The third kappa shape index (κ3) is 3.38. The fourth-order valence-corrected chi connectivity index (χ4v) is 8.04. The van der Waals surface area contributed by atoms with E-state index in [1.165, 1.54) is 19.5 Å². The molecule has 0 aromatic carbocycles. The van der Waals surface area contributed by atoms with Gasteiger partial charge in [0, 0.05) is 20.5 Å². The lowest BCUT2D eigenvalue weighted by Crippen LogP contribution is -2.14. The van der Waals surface area contributed by atoms with Crippen molar-refractivity contribution in [2.24, 2.45) is 0 Å². The van der Waals surface area contributed by atoms with Crippen molar-refractivity contribution in [2.75, 3.05) is 26.4 Å². The first kappa shape index (κ1) is 19.7. The van der Waals surface area contributed by atoms with Crippen molar-refractivity contribution in [3.63, 3.8) is 0 Å². The molecule has 5 aromatic heterocycles. The number of ether oxygens (including phenoxy) is 4. The van der Waals surface area contributed by atoms with Gasteiger partial charge >= 0.3 is 0 Å². The Morgan fingerprint density at radius 2 is 1.00 bits per heavy atom. The molecule has 0 saturated carbocycles. The summed E-state index contributed by atoms with van der Waals surface area (Å²) in [5.41, 5.74) is 2.23.